The van der Waals surface area contributed by atoms with E-state index in [1.54, 1.807) is 6.33 Å². The maximum atomic E-state index is 5.59. The molecule has 1 unspecified atom stereocenters. The van der Waals surface area contributed by atoms with Crippen molar-refractivity contribution in [2.75, 3.05) is 0 Å². The van der Waals surface area contributed by atoms with Crippen LogP contribution in [0.25, 0.3) is 0 Å². The van der Waals surface area contributed by atoms with E-state index in [1.165, 1.54) is 0 Å². The van der Waals surface area contributed by atoms with Gasteiger partial charge in [0, 0.05) is 39.1 Å². The summed E-state index contributed by atoms with van der Waals surface area (Å²) in [6, 6.07) is 0.0965. The van der Waals surface area contributed by atoms with E-state index in [1.807, 2.05) is 41.8 Å². The fraction of sp³-hybridized carbons (Fsp3) is 0.455. The van der Waals surface area contributed by atoms with Gasteiger partial charge in [-0.05, 0) is 6.42 Å². The molecule has 0 saturated heterocycles. The van der Waals surface area contributed by atoms with E-state index < -0.39 is 0 Å². The Bertz CT molecular complexity index is 472. The molecule has 0 fully saturated rings. The predicted molar refractivity (Wildman–Crippen MR) is 64.8 cm³/mol. The topological polar surface area (TPSA) is 73.7 Å². The summed E-state index contributed by atoms with van der Waals surface area (Å²) in [5.74, 6) is 6.65. The first kappa shape index (κ1) is 11.8. The molecular weight excluding hydrogens is 216 g/mol. The molecule has 0 aliphatic carbocycles. The number of nitrogens with two attached hydrogens (primary N) is 1. The molecule has 0 bridgehead atoms. The quantitative estimate of drug-likeness (QED) is 0.576. The van der Waals surface area contributed by atoms with Crippen LogP contribution in [0.2, 0.25) is 0 Å². The van der Waals surface area contributed by atoms with Crippen LogP contribution in [0.4, 0.5) is 0 Å². The molecule has 92 valence electrons. The first-order chi connectivity index (χ1) is 8.22. The molecule has 0 radical (unpaired) electrons. The van der Waals surface area contributed by atoms with E-state index in [9.17, 15) is 0 Å². The van der Waals surface area contributed by atoms with Gasteiger partial charge in [0.25, 0.3) is 0 Å². The SMILES string of the molecule is Cn1cncc1C(CCc1nccn1C)NN. The number of rotatable bonds is 5. The van der Waals surface area contributed by atoms with Gasteiger partial charge in [0.2, 0.25) is 0 Å². The second-order valence-corrected chi connectivity index (χ2v) is 4.14. The maximum Gasteiger partial charge on any atom is 0.108 e. The Morgan fingerprint density at radius 1 is 1.41 bits per heavy atom. The average molecular weight is 234 g/mol. The maximum absolute atomic E-state index is 5.59. The molecule has 3 N–H and O–H groups in total. The molecule has 0 spiro atoms. The van der Waals surface area contributed by atoms with Crippen molar-refractivity contribution in [3.05, 3.63) is 36.4 Å². The molecule has 2 aromatic heterocycles. The van der Waals surface area contributed by atoms with Gasteiger partial charge in [-0.25, -0.2) is 9.97 Å². The second kappa shape index (κ2) is 5.11. The van der Waals surface area contributed by atoms with Crippen LogP contribution in [-0.2, 0) is 20.5 Å². The Kier molecular flexibility index (Phi) is 3.55. The first-order valence-electron chi connectivity index (χ1n) is 5.61. The number of nitrogens with zero attached hydrogens (tertiary/aromatic N) is 4. The van der Waals surface area contributed by atoms with Gasteiger partial charge >= 0.3 is 0 Å². The van der Waals surface area contributed by atoms with Crippen molar-refractivity contribution < 1.29 is 0 Å². The monoisotopic (exact) mass is 234 g/mol. The number of hydrogen-bond donors (Lipinski definition) is 2. The molecular formula is C11H18N6. The molecule has 1 atom stereocenters. The molecule has 2 aromatic rings. The molecule has 0 aliphatic heterocycles. The summed E-state index contributed by atoms with van der Waals surface area (Å²) in [5, 5.41) is 0. The zero-order valence-corrected chi connectivity index (χ0v) is 10.2. The standard InChI is InChI=1S/C11H18N6/c1-16-6-5-14-11(16)4-3-9(15-12)10-7-13-8-17(10)2/h5-9,15H,3-4,12H2,1-2H3. The number of hydrazine groups is 1. The fourth-order valence-electron chi connectivity index (χ4n) is 1.93. The van der Waals surface area contributed by atoms with Crippen LogP contribution < -0.4 is 11.3 Å². The Balaban J connectivity index is 2.02. The zero-order chi connectivity index (χ0) is 12.3. The minimum atomic E-state index is 0.0965. The van der Waals surface area contributed by atoms with Crippen molar-refractivity contribution in [1.29, 1.82) is 0 Å². The van der Waals surface area contributed by atoms with Crippen LogP contribution in [-0.4, -0.2) is 19.1 Å². The summed E-state index contributed by atoms with van der Waals surface area (Å²) in [5.41, 5.74) is 3.91. The van der Waals surface area contributed by atoms with Gasteiger partial charge in [0.05, 0.1) is 18.1 Å². The lowest BCUT2D eigenvalue weighted by Gasteiger charge is -2.16. The highest BCUT2D eigenvalue weighted by molar-refractivity contribution is 5.05. The fourth-order valence-corrected chi connectivity index (χ4v) is 1.93. The van der Waals surface area contributed by atoms with Crippen LogP contribution in [0.5, 0.6) is 0 Å². The van der Waals surface area contributed by atoms with Crippen molar-refractivity contribution in [2.45, 2.75) is 18.9 Å². The highest BCUT2D eigenvalue weighted by Gasteiger charge is 2.14. The second-order valence-electron chi connectivity index (χ2n) is 4.14. The molecule has 17 heavy (non-hydrogen) atoms. The predicted octanol–water partition coefficient (Wildman–Crippen LogP) is 0.291. The number of hydrogen-bond acceptors (Lipinski definition) is 4. The van der Waals surface area contributed by atoms with Gasteiger partial charge < -0.3 is 9.13 Å². The Morgan fingerprint density at radius 2 is 2.24 bits per heavy atom. The molecule has 6 nitrogen and oxygen atoms in total. The average Bonchev–Trinajstić information content (AvgIpc) is 2.90. The third kappa shape index (κ3) is 2.54. The van der Waals surface area contributed by atoms with Crippen LogP contribution in [0, 0.1) is 0 Å². The minimum absolute atomic E-state index is 0.0965. The number of aromatic nitrogens is 4. The first-order valence-corrected chi connectivity index (χ1v) is 5.61. The molecule has 0 aromatic carbocycles. The third-order valence-electron chi connectivity index (χ3n) is 2.99. The lowest BCUT2D eigenvalue weighted by Crippen LogP contribution is -2.30. The van der Waals surface area contributed by atoms with Crippen molar-refractivity contribution in [1.82, 2.24) is 24.5 Å². The summed E-state index contributed by atoms with van der Waals surface area (Å²) < 4.78 is 4.00. The third-order valence-corrected chi connectivity index (χ3v) is 2.99. The summed E-state index contributed by atoms with van der Waals surface area (Å²) in [6.07, 6.45) is 9.14. The van der Waals surface area contributed by atoms with Crippen LogP contribution in [0.15, 0.2) is 24.9 Å². The lowest BCUT2D eigenvalue weighted by atomic mass is 10.1. The Labute approximate surface area is 100 Å². The lowest BCUT2D eigenvalue weighted by molar-refractivity contribution is 0.483. The van der Waals surface area contributed by atoms with E-state index in [-0.39, 0.29) is 6.04 Å². The highest BCUT2D eigenvalue weighted by Crippen LogP contribution is 2.16. The molecule has 0 saturated carbocycles. The van der Waals surface area contributed by atoms with Gasteiger partial charge in [-0.3, -0.25) is 11.3 Å². The zero-order valence-electron chi connectivity index (χ0n) is 10.2. The Hall–Kier alpha value is -1.66. The van der Waals surface area contributed by atoms with E-state index in [0.29, 0.717) is 0 Å². The van der Waals surface area contributed by atoms with Crippen LogP contribution in [0.1, 0.15) is 24.0 Å². The van der Waals surface area contributed by atoms with Crippen molar-refractivity contribution in [3.8, 4) is 0 Å². The van der Waals surface area contributed by atoms with Crippen LogP contribution >= 0.6 is 0 Å². The number of nitrogens with one attached hydrogen (secondary N) is 1. The van der Waals surface area contributed by atoms with E-state index in [0.717, 1.165) is 24.4 Å². The van der Waals surface area contributed by atoms with Crippen molar-refractivity contribution in [2.24, 2.45) is 19.9 Å². The molecule has 0 amide bonds. The largest absolute Gasteiger partial charge is 0.338 e. The molecule has 2 heterocycles. The highest BCUT2D eigenvalue weighted by atomic mass is 15.2. The van der Waals surface area contributed by atoms with E-state index in [2.05, 4.69) is 15.4 Å². The molecule has 2 rings (SSSR count). The summed E-state index contributed by atoms with van der Waals surface area (Å²) in [6.45, 7) is 0. The Morgan fingerprint density at radius 3 is 2.76 bits per heavy atom. The van der Waals surface area contributed by atoms with Gasteiger partial charge in [0.15, 0.2) is 0 Å². The van der Waals surface area contributed by atoms with Gasteiger partial charge in [-0.1, -0.05) is 0 Å². The van der Waals surface area contributed by atoms with Crippen LogP contribution in [0.3, 0.4) is 0 Å². The summed E-state index contributed by atoms with van der Waals surface area (Å²) in [4.78, 5) is 8.40. The van der Waals surface area contributed by atoms with Gasteiger partial charge in [-0.15, -0.1) is 0 Å². The molecule has 6 heteroatoms. The summed E-state index contributed by atoms with van der Waals surface area (Å²) >= 11 is 0. The molecule has 0 aliphatic rings. The normalized spacial score (nSPS) is 12.9. The number of imidazole rings is 2. The smallest absolute Gasteiger partial charge is 0.108 e. The number of aryl methyl sites for hydroxylation is 3. The summed E-state index contributed by atoms with van der Waals surface area (Å²) in [7, 11) is 3.96. The van der Waals surface area contributed by atoms with Crippen molar-refractivity contribution in [3.63, 3.8) is 0 Å². The van der Waals surface area contributed by atoms with Gasteiger partial charge in [-0.2, -0.15) is 0 Å². The minimum Gasteiger partial charge on any atom is -0.338 e. The van der Waals surface area contributed by atoms with E-state index >= 15 is 0 Å². The van der Waals surface area contributed by atoms with E-state index in [4.69, 9.17) is 5.84 Å². The van der Waals surface area contributed by atoms with Gasteiger partial charge in [0.1, 0.15) is 5.82 Å². The van der Waals surface area contributed by atoms with Crippen molar-refractivity contribution >= 4 is 0 Å².